The molecular formula is C19H19NO4S. The van der Waals surface area contributed by atoms with Crippen molar-refractivity contribution in [3.05, 3.63) is 53.5 Å². The first-order valence-corrected chi connectivity index (χ1v) is 8.88. The van der Waals surface area contributed by atoms with Crippen LogP contribution in [0, 0.1) is 0 Å². The van der Waals surface area contributed by atoms with Crippen LogP contribution in [0.15, 0.2) is 48.5 Å². The Kier molecular flexibility index (Phi) is 5.50. The van der Waals surface area contributed by atoms with E-state index in [2.05, 4.69) is 4.98 Å². The van der Waals surface area contributed by atoms with Crippen LogP contribution in [0.4, 0.5) is 0 Å². The first-order valence-electron chi connectivity index (χ1n) is 8.06. The molecule has 6 heteroatoms. The SMILES string of the molecule is CCOC(=O)C(C)Oc1ccc(OCc2nc3ccccc3s2)cc1. The molecule has 1 unspecified atom stereocenters. The molecule has 130 valence electrons. The van der Waals surface area contributed by atoms with Crippen molar-refractivity contribution in [1.29, 1.82) is 0 Å². The predicted octanol–water partition coefficient (Wildman–Crippen LogP) is 4.21. The van der Waals surface area contributed by atoms with E-state index in [1.54, 1.807) is 49.4 Å². The lowest BCUT2D eigenvalue weighted by atomic mass is 10.3. The monoisotopic (exact) mass is 357 g/mol. The Hall–Kier alpha value is -2.60. The van der Waals surface area contributed by atoms with Crippen LogP contribution < -0.4 is 9.47 Å². The summed E-state index contributed by atoms with van der Waals surface area (Å²) >= 11 is 1.62. The topological polar surface area (TPSA) is 57.7 Å². The third-order valence-corrected chi connectivity index (χ3v) is 4.47. The molecule has 0 saturated heterocycles. The quantitative estimate of drug-likeness (QED) is 0.593. The summed E-state index contributed by atoms with van der Waals surface area (Å²) < 4.78 is 17.4. The van der Waals surface area contributed by atoms with Crippen LogP contribution in [0.3, 0.4) is 0 Å². The average Bonchev–Trinajstić information content (AvgIpc) is 3.04. The van der Waals surface area contributed by atoms with Gasteiger partial charge in [0.1, 0.15) is 23.1 Å². The summed E-state index contributed by atoms with van der Waals surface area (Å²) in [5.41, 5.74) is 0.989. The van der Waals surface area contributed by atoms with Gasteiger partial charge in [0.15, 0.2) is 6.10 Å². The van der Waals surface area contributed by atoms with Gasteiger partial charge in [0.05, 0.1) is 16.8 Å². The van der Waals surface area contributed by atoms with Crippen molar-refractivity contribution in [2.45, 2.75) is 26.6 Å². The summed E-state index contributed by atoms with van der Waals surface area (Å²) in [6.45, 7) is 4.18. The number of benzene rings is 2. The highest BCUT2D eigenvalue weighted by Crippen LogP contribution is 2.24. The smallest absolute Gasteiger partial charge is 0.347 e. The van der Waals surface area contributed by atoms with Crippen LogP contribution in [0.2, 0.25) is 0 Å². The zero-order chi connectivity index (χ0) is 17.6. The van der Waals surface area contributed by atoms with E-state index in [4.69, 9.17) is 14.2 Å². The molecule has 0 aliphatic heterocycles. The lowest BCUT2D eigenvalue weighted by Crippen LogP contribution is -2.25. The molecule has 0 bridgehead atoms. The Balaban J connectivity index is 1.56. The van der Waals surface area contributed by atoms with Crippen molar-refractivity contribution in [2.24, 2.45) is 0 Å². The van der Waals surface area contributed by atoms with Gasteiger partial charge in [-0.05, 0) is 50.2 Å². The van der Waals surface area contributed by atoms with E-state index >= 15 is 0 Å². The van der Waals surface area contributed by atoms with Crippen molar-refractivity contribution in [2.75, 3.05) is 6.61 Å². The van der Waals surface area contributed by atoms with Gasteiger partial charge in [0, 0.05) is 0 Å². The lowest BCUT2D eigenvalue weighted by molar-refractivity contribution is -0.150. The van der Waals surface area contributed by atoms with E-state index in [1.165, 1.54) is 0 Å². The first-order chi connectivity index (χ1) is 12.2. The third-order valence-electron chi connectivity index (χ3n) is 3.46. The maximum atomic E-state index is 11.6. The van der Waals surface area contributed by atoms with Crippen LogP contribution >= 0.6 is 11.3 Å². The predicted molar refractivity (Wildman–Crippen MR) is 97.1 cm³/mol. The van der Waals surface area contributed by atoms with Gasteiger partial charge in [-0.2, -0.15) is 0 Å². The molecule has 1 heterocycles. The Morgan fingerprint density at radius 3 is 2.56 bits per heavy atom. The van der Waals surface area contributed by atoms with Crippen LogP contribution in [-0.4, -0.2) is 23.7 Å². The zero-order valence-corrected chi connectivity index (χ0v) is 14.9. The van der Waals surface area contributed by atoms with Gasteiger partial charge < -0.3 is 14.2 Å². The zero-order valence-electron chi connectivity index (χ0n) is 14.1. The highest BCUT2D eigenvalue weighted by molar-refractivity contribution is 7.18. The molecule has 0 saturated carbocycles. The molecule has 25 heavy (non-hydrogen) atoms. The fourth-order valence-corrected chi connectivity index (χ4v) is 3.13. The van der Waals surface area contributed by atoms with Gasteiger partial charge in [-0.15, -0.1) is 11.3 Å². The first kappa shape index (κ1) is 17.2. The molecule has 0 amide bonds. The Morgan fingerprint density at radius 1 is 1.12 bits per heavy atom. The summed E-state index contributed by atoms with van der Waals surface area (Å²) in [7, 11) is 0. The number of rotatable bonds is 7. The van der Waals surface area contributed by atoms with Crippen molar-refractivity contribution < 1.29 is 19.0 Å². The molecule has 0 fully saturated rings. The normalized spacial score (nSPS) is 11.9. The van der Waals surface area contributed by atoms with E-state index in [1.807, 2.05) is 24.3 Å². The summed E-state index contributed by atoms with van der Waals surface area (Å²) in [6.07, 6.45) is -0.644. The number of carbonyl (C=O) groups excluding carboxylic acids is 1. The maximum absolute atomic E-state index is 11.6. The third kappa shape index (κ3) is 4.48. The van der Waals surface area contributed by atoms with E-state index < -0.39 is 6.10 Å². The van der Waals surface area contributed by atoms with Gasteiger partial charge in [0.25, 0.3) is 0 Å². The minimum absolute atomic E-state index is 0.338. The number of para-hydroxylation sites is 1. The van der Waals surface area contributed by atoms with Crippen LogP contribution in [0.1, 0.15) is 18.9 Å². The fourth-order valence-electron chi connectivity index (χ4n) is 2.25. The molecule has 3 aromatic rings. The lowest BCUT2D eigenvalue weighted by Gasteiger charge is -2.13. The molecule has 1 atom stereocenters. The Labute approximate surface area is 150 Å². The van der Waals surface area contributed by atoms with E-state index in [-0.39, 0.29) is 5.97 Å². The van der Waals surface area contributed by atoms with Crippen LogP contribution in [0.25, 0.3) is 10.2 Å². The molecule has 0 radical (unpaired) electrons. The molecule has 0 N–H and O–H groups in total. The summed E-state index contributed by atoms with van der Waals surface area (Å²) in [5, 5.41) is 0.928. The second-order valence-corrected chi connectivity index (χ2v) is 6.46. The largest absolute Gasteiger partial charge is 0.486 e. The average molecular weight is 357 g/mol. The number of hydrogen-bond donors (Lipinski definition) is 0. The van der Waals surface area contributed by atoms with E-state index in [0.717, 1.165) is 21.0 Å². The Morgan fingerprint density at radius 2 is 1.84 bits per heavy atom. The fraction of sp³-hybridized carbons (Fsp3) is 0.263. The van der Waals surface area contributed by atoms with E-state index in [9.17, 15) is 4.79 Å². The standard InChI is InChI=1S/C19H19NO4S/c1-3-22-19(21)13(2)24-15-10-8-14(9-11-15)23-12-18-20-16-6-4-5-7-17(16)25-18/h4-11,13H,3,12H2,1-2H3. The number of carbonyl (C=O) groups is 1. The van der Waals surface area contributed by atoms with Crippen molar-refractivity contribution >= 4 is 27.5 Å². The summed E-state index contributed by atoms with van der Waals surface area (Å²) in [6, 6.07) is 15.2. The number of ether oxygens (including phenoxy) is 3. The number of esters is 1. The van der Waals surface area contributed by atoms with Crippen molar-refractivity contribution in [3.63, 3.8) is 0 Å². The molecular weight excluding hydrogens is 338 g/mol. The minimum atomic E-state index is -0.644. The number of nitrogens with zero attached hydrogens (tertiary/aromatic N) is 1. The molecule has 2 aromatic carbocycles. The number of fused-ring (bicyclic) bond motifs is 1. The van der Waals surface area contributed by atoms with Gasteiger partial charge in [0.2, 0.25) is 0 Å². The molecule has 1 aromatic heterocycles. The molecule has 0 aliphatic rings. The second kappa shape index (κ2) is 7.98. The Bertz CT molecular complexity index is 811. The number of thiazole rings is 1. The van der Waals surface area contributed by atoms with Gasteiger partial charge in [-0.1, -0.05) is 12.1 Å². The highest BCUT2D eigenvalue weighted by atomic mass is 32.1. The maximum Gasteiger partial charge on any atom is 0.347 e. The second-order valence-electron chi connectivity index (χ2n) is 5.35. The summed E-state index contributed by atoms with van der Waals surface area (Å²) in [4.78, 5) is 16.1. The molecule has 0 aliphatic carbocycles. The van der Waals surface area contributed by atoms with Gasteiger partial charge in [-0.3, -0.25) is 0 Å². The van der Waals surface area contributed by atoms with Crippen molar-refractivity contribution in [1.82, 2.24) is 4.98 Å². The minimum Gasteiger partial charge on any atom is -0.486 e. The van der Waals surface area contributed by atoms with Crippen molar-refractivity contribution in [3.8, 4) is 11.5 Å². The summed E-state index contributed by atoms with van der Waals surface area (Å²) in [5.74, 6) is 0.932. The van der Waals surface area contributed by atoms with Gasteiger partial charge in [-0.25, -0.2) is 9.78 Å². The van der Waals surface area contributed by atoms with E-state index in [0.29, 0.717) is 19.0 Å². The van der Waals surface area contributed by atoms with Crippen LogP contribution in [0.5, 0.6) is 11.5 Å². The molecule has 5 nitrogen and oxygen atoms in total. The molecule has 3 rings (SSSR count). The highest BCUT2D eigenvalue weighted by Gasteiger charge is 2.15. The number of hydrogen-bond acceptors (Lipinski definition) is 6. The number of aromatic nitrogens is 1. The van der Waals surface area contributed by atoms with Gasteiger partial charge >= 0.3 is 5.97 Å². The van der Waals surface area contributed by atoms with Crippen LogP contribution in [-0.2, 0) is 16.1 Å². The molecule has 0 spiro atoms.